The number of aliphatic hydroxyl groups is 1. The molecule has 2 rings (SSSR count). The summed E-state index contributed by atoms with van der Waals surface area (Å²) >= 11 is 0. The van der Waals surface area contributed by atoms with Gasteiger partial charge in [-0.15, -0.1) is 0 Å². The van der Waals surface area contributed by atoms with Gasteiger partial charge in [-0.05, 0) is 25.7 Å². The third kappa shape index (κ3) is 0.810. The van der Waals surface area contributed by atoms with Crippen LogP contribution in [0.4, 0.5) is 0 Å². The predicted molar refractivity (Wildman–Crippen MR) is 47.0 cm³/mol. The molecular weight excluding hydrogens is 168 g/mol. The number of hydrogen-bond acceptors (Lipinski definition) is 3. The van der Waals surface area contributed by atoms with E-state index in [-0.39, 0.29) is 11.9 Å². The Hall–Kier alpha value is -0.570. The first-order valence-corrected chi connectivity index (χ1v) is 4.85. The third-order valence-corrected chi connectivity index (χ3v) is 3.83. The molecule has 0 aromatic carbocycles. The summed E-state index contributed by atoms with van der Waals surface area (Å²) in [5.74, 6) is -0.0317. The quantitative estimate of drug-likeness (QED) is 0.621. The molecule has 0 aromatic heterocycles. The molecule has 3 unspecified atom stereocenters. The fourth-order valence-corrected chi connectivity index (χ4v) is 2.60. The summed E-state index contributed by atoms with van der Waals surface area (Å²) in [7, 11) is 0. The number of fused-ring (bicyclic) bond motifs is 2. The van der Waals surface area contributed by atoms with E-state index in [0.717, 1.165) is 12.8 Å². The van der Waals surface area contributed by atoms with Crippen molar-refractivity contribution in [2.24, 2.45) is 11.3 Å². The predicted octanol–water partition coefficient (Wildman–Crippen LogP) is 1.10. The van der Waals surface area contributed by atoms with E-state index in [1.165, 1.54) is 0 Å². The van der Waals surface area contributed by atoms with Gasteiger partial charge in [0.15, 0.2) is 0 Å². The fraction of sp³-hybridized carbons (Fsp3) is 0.900. The monoisotopic (exact) mass is 184 g/mol. The van der Waals surface area contributed by atoms with Gasteiger partial charge in [-0.1, -0.05) is 13.8 Å². The molecule has 0 amide bonds. The van der Waals surface area contributed by atoms with Crippen molar-refractivity contribution in [3.8, 4) is 0 Å². The number of carbonyl (C=O) groups excluding carboxylic acids is 1. The van der Waals surface area contributed by atoms with Crippen molar-refractivity contribution in [2.45, 2.75) is 45.3 Å². The molecule has 2 fully saturated rings. The van der Waals surface area contributed by atoms with E-state index in [4.69, 9.17) is 4.74 Å². The van der Waals surface area contributed by atoms with Crippen molar-refractivity contribution in [1.82, 2.24) is 0 Å². The zero-order chi connectivity index (χ0) is 9.85. The van der Waals surface area contributed by atoms with E-state index >= 15 is 0 Å². The lowest BCUT2D eigenvalue weighted by Gasteiger charge is -2.31. The third-order valence-electron chi connectivity index (χ3n) is 3.83. The minimum absolute atomic E-state index is 0.191. The first kappa shape index (κ1) is 9.00. The molecule has 2 bridgehead atoms. The zero-order valence-corrected chi connectivity index (χ0v) is 8.33. The second kappa shape index (κ2) is 2.27. The lowest BCUT2D eigenvalue weighted by Crippen LogP contribution is -2.42. The van der Waals surface area contributed by atoms with Gasteiger partial charge in [-0.3, -0.25) is 4.79 Å². The highest BCUT2D eigenvalue weighted by Gasteiger charge is 2.68. The largest absolute Gasteiger partial charge is 0.456 e. The first-order chi connectivity index (χ1) is 5.93. The second-order valence-corrected chi connectivity index (χ2v) is 4.82. The summed E-state index contributed by atoms with van der Waals surface area (Å²) in [6.07, 6.45) is 0.937. The topological polar surface area (TPSA) is 46.5 Å². The molecule has 1 N–H and O–H groups in total. The lowest BCUT2D eigenvalue weighted by molar-refractivity contribution is -0.164. The van der Waals surface area contributed by atoms with Gasteiger partial charge in [0.05, 0.1) is 5.41 Å². The summed E-state index contributed by atoms with van der Waals surface area (Å²) in [6.45, 7) is 5.79. The maximum atomic E-state index is 11.5. The van der Waals surface area contributed by atoms with E-state index in [0.29, 0.717) is 0 Å². The summed E-state index contributed by atoms with van der Waals surface area (Å²) in [5, 5.41) is 10.0. The number of aliphatic hydroxyl groups excluding tert-OH is 1. The van der Waals surface area contributed by atoms with E-state index < -0.39 is 17.1 Å². The maximum Gasteiger partial charge on any atom is 0.315 e. The molecule has 2 aliphatic rings. The van der Waals surface area contributed by atoms with Crippen molar-refractivity contribution < 1.29 is 14.6 Å². The van der Waals surface area contributed by atoms with Gasteiger partial charge in [0, 0.05) is 0 Å². The number of carbonyl (C=O) groups is 1. The van der Waals surface area contributed by atoms with Crippen molar-refractivity contribution in [3.63, 3.8) is 0 Å². The van der Waals surface area contributed by atoms with Crippen molar-refractivity contribution >= 4 is 5.97 Å². The second-order valence-electron chi connectivity index (χ2n) is 4.82. The highest BCUT2D eigenvalue weighted by Crippen LogP contribution is 2.56. The standard InChI is InChI=1S/C10H16O3/c1-6(2)10-5-4-9(3,7(10)11)8(12)13-10/h6-7,11H,4-5H2,1-3H3. The van der Waals surface area contributed by atoms with Crippen LogP contribution in [-0.4, -0.2) is 22.8 Å². The highest BCUT2D eigenvalue weighted by molar-refractivity contribution is 5.82. The van der Waals surface area contributed by atoms with Gasteiger partial charge in [0.2, 0.25) is 0 Å². The summed E-state index contributed by atoms with van der Waals surface area (Å²) in [6, 6.07) is 0. The van der Waals surface area contributed by atoms with Crippen LogP contribution >= 0.6 is 0 Å². The van der Waals surface area contributed by atoms with Gasteiger partial charge in [0.1, 0.15) is 11.7 Å². The fourth-order valence-electron chi connectivity index (χ4n) is 2.60. The van der Waals surface area contributed by atoms with Crippen LogP contribution in [0, 0.1) is 11.3 Å². The molecule has 13 heavy (non-hydrogen) atoms. The van der Waals surface area contributed by atoms with Crippen LogP contribution in [0.25, 0.3) is 0 Å². The summed E-state index contributed by atoms with van der Waals surface area (Å²) in [5.41, 5.74) is -1.23. The Morgan fingerprint density at radius 2 is 2.15 bits per heavy atom. The maximum absolute atomic E-state index is 11.5. The normalized spacial score (nSPS) is 48.7. The van der Waals surface area contributed by atoms with Crippen LogP contribution < -0.4 is 0 Å². The molecule has 3 atom stereocenters. The number of rotatable bonds is 1. The highest BCUT2D eigenvalue weighted by atomic mass is 16.6. The van der Waals surface area contributed by atoms with Crippen molar-refractivity contribution in [2.75, 3.05) is 0 Å². The lowest BCUT2D eigenvalue weighted by atomic mass is 9.83. The van der Waals surface area contributed by atoms with E-state index in [1.807, 2.05) is 13.8 Å². The van der Waals surface area contributed by atoms with Crippen molar-refractivity contribution in [1.29, 1.82) is 0 Å². The van der Waals surface area contributed by atoms with Gasteiger partial charge >= 0.3 is 5.97 Å². The van der Waals surface area contributed by atoms with Gasteiger partial charge in [-0.25, -0.2) is 0 Å². The minimum Gasteiger partial charge on any atom is -0.456 e. The van der Waals surface area contributed by atoms with Crippen LogP contribution in [0.1, 0.15) is 33.6 Å². The zero-order valence-electron chi connectivity index (χ0n) is 8.33. The van der Waals surface area contributed by atoms with Crippen LogP contribution in [0.3, 0.4) is 0 Å². The number of esters is 1. The molecule has 0 aromatic rings. The van der Waals surface area contributed by atoms with E-state index in [9.17, 15) is 9.90 Å². The van der Waals surface area contributed by atoms with Gasteiger partial charge < -0.3 is 9.84 Å². The van der Waals surface area contributed by atoms with Gasteiger partial charge in [0.25, 0.3) is 0 Å². The molecule has 3 nitrogen and oxygen atoms in total. The number of ether oxygens (including phenoxy) is 1. The summed E-state index contributed by atoms with van der Waals surface area (Å²) < 4.78 is 5.34. The molecule has 1 saturated carbocycles. The average molecular weight is 184 g/mol. The van der Waals surface area contributed by atoms with Gasteiger partial charge in [-0.2, -0.15) is 0 Å². The SMILES string of the molecule is CC(C)C12CCC(C)(C(=O)O1)C2O. The molecule has 1 heterocycles. The molecular formula is C10H16O3. The number of hydrogen-bond donors (Lipinski definition) is 1. The smallest absolute Gasteiger partial charge is 0.315 e. The Bertz CT molecular complexity index is 261. The van der Waals surface area contributed by atoms with E-state index in [2.05, 4.69) is 0 Å². The Labute approximate surface area is 78.1 Å². The molecule has 74 valence electrons. The van der Waals surface area contributed by atoms with Crippen LogP contribution in [0.2, 0.25) is 0 Å². The Morgan fingerprint density at radius 3 is 2.38 bits per heavy atom. The Morgan fingerprint density at radius 1 is 1.54 bits per heavy atom. The van der Waals surface area contributed by atoms with E-state index in [1.54, 1.807) is 6.92 Å². The summed E-state index contributed by atoms with van der Waals surface area (Å²) in [4.78, 5) is 11.5. The molecule has 1 aliphatic carbocycles. The van der Waals surface area contributed by atoms with Crippen LogP contribution in [-0.2, 0) is 9.53 Å². The Balaban J connectivity index is 2.42. The molecule has 3 heteroatoms. The minimum atomic E-state index is -0.635. The Kier molecular flexibility index (Phi) is 1.57. The van der Waals surface area contributed by atoms with Crippen LogP contribution in [0.15, 0.2) is 0 Å². The van der Waals surface area contributed by atoms with Crippen molar-refractivity contribution in [3.05, 3.63) is 0 Å². The van der Waals surface area contributed by atoms with Crippen LogP contribution in [0.5, 0.6) is 0 Å². The molecule has 1 aliphatic heterocycles. The molecule has 0 spiro atoms. The molecule has 0 radical (unpaired) electrons. The molecule has 1 saturated heterocycles. The first-order valence-electron chi connectivity index (χ1n) is 4.85. The average Bonchev–Trinajstić information content (AvgIpc) is 2.40.